The Morgan fingerprint density at radius 3 is 2.87 bits per heavy atom. The molecule has 2 rings (SSSR count). The fourth-order valence-electron chi connectivity index (χ4n) is 1.91. The van der Waals surface area contributed by atoms with Crippen LogP contribution >= 0.6 is 0 Å². The van der Waals surface area contributed by atoms with Crippen LogP contribution in [0.2, 0.25) is 5.71 Å². The number of rotatable bonds is 3. The van der Waals surface area contributed by atoms with Gasteiger partial charge < -0.3 is 0 Å². The molecule has 0 spiro atoms. The Hall–Kier alpha value is -0.882. The molecule has 0 amide bonds. The molecule has 1 atom stereocenters. The van der Waals surface area contributed by atoms with Gasteiger partial charge >= 0.3 is 96.7 Å². The zero-order valence-corrected chi connectivity index (χ0v) is 11.5. The van der Waals surface area contributed by atoms with E-state index in [1.807, 2.05) is 6.07 Å². The van der Waals surface area contributed by atoms with Gasteiger partial charge in [-0.3, -0.25) is 0 Å². The molecule has 0 saturated heterocycles. The van der Waals surface area contributed by atoms with E-state index in [1.165, 1.54) is 21.7 Å². The molecule has 0 aliphatic heterocycles. The van der Waals surface area contributed by atoms with E-state index in [-0.39, 0.29) is 15.8 Å². The van der Waals surface area contributed by atoms with Crippen molar-refractivity contribution in [2.75, 3.05) is 7.11 Å². The van der Waals surface area contributed by atoms with E-state index in [0.717, 1.165) is 5.75 Å². The topological polar surface area (TPSA) is 14.2 Å². The number of nitrogens with zero attached hydrogens (tertiary/aromatic N) is 1. The van der Waals surface area contributed by atoms with E-state index < -0.39 is 0 Å². The Morgan fingerprint density at radius 2 is 2.20 bits per heavy atom. The van der Waals surface area contributed by atoms with Crippen LogP contribution in [-0.4, -0.2) is 27.4 Å². The van der Waals surface area contributed by atoms with Gasteiger partial charge in [-0.05, 0) is 0 Å². The molecular weight excluding hydrogens is 249 g/mol. The molecule has 0 aliphatic rings. The van der Waals surface area contributed by atoms with Gasteiger partial charge in [0, 0.05) is 0 Å². The summed E-state index contributed by atoms with van der Waals surface area (Å²) in [6, 6.07) is 6.30. The van der Waals surface area contributed by atoms with Crippen LogP contribution in [0.1, 0.15) is 5.56 Å². The molecular formula is C12H16AsNO. The van der Waals surface area contributed by atoms with Crippen molar-refractivity contribution in [3.63, 3.8) is 0 Å². The average molecular weight is 265 g/mol. The summed E-state index contributed by atoms with van der Waals surface area (Å²) in [7, 11) is 3.82. The maximum absolute atomic E-state index is 5.27. The van der Waals surface area contributed by atoms with Gasteiger partial charge in [-0.1, -0.05) is 0 Å². The molecule has 0 bridgehead atoms. The first-order valence-corrected chi connectivity index (χ1v) is 8.61. The Morgan fingerprint density at radius 1 is 1.40 bits per heavy atom. The third-order valence-corrected chi connectivity index (χ3v) is 4.19. The van der Waals surface area contributed by atoms with Gasteiger partial charge in [0.05, 0.1) is 0 Å². The van der Waals surface area contributed by atoms with Crippen molar-refractivity contribution in [1.29, 1.82) is 0 Å². The number of aromatic nitrogens is 1. The van der Waals surface area contributed by atoms with Crippen LogP contribution in [0.3, 0.4) is 0 Å². The number of hydrogen-bond donors (Lipinski definition) is 0. The van der Waals surface area contributed by atoms with Gasteiger partial charge in [0.15, 0.2) is 0 Å². The number of benzene rings is 1. The van der Waals surface area contributed by atoms with Gasteiger partial charge in [0.25, 0.3) is 0 Å². The summed E-state index contributed by atoms with van der Waals surface area (Å²) in [6.07, 6.45) is 2.25. The number of methoxy groups -OCH3 is 1. The molecule has 0 radical (unpaired) electrons. The summed E-state index contributed by atoms with van der Waals surface area (Å²) in [6.45, 7) is 0. The van der Waals surface area contributed by atoms with Crippen molar-refractivity contribution in [3.05, 3.63) is 30.0 Å². The van der Waals surface area contributed by atoms with Crippen LogP contribution < -0.4 is 4.74 Å². The van der Waals surface area contributed by atoms with Crippen molar-refractivity contribution in [1.82, 2.24) is 4.57 Å². The fourth-order valence-corrected chi connectivity index (χ4v) is 3.30. The summed E-state index contributed by atoms with van der Waals surface area (Å²) in [5.74, 6) is 0.950. The molecule has 0 saturated carbocycles. The van der Waals surface area contributed by atoms with Crippen molar-refractivity contribution < 1.29 is 4.74 Å². The Kier molecular flexibility index (Phi) is 3.06. The summed E-state index contributed by atoms with van der Waals surface area (Å²) in [4.78, 5) is 0. The predicted molar refractivity (Wildman–Crippen MR) is 66.2 cm³/mol. The molecule has 1 aromatic carbocycles. The summed E-state index contributed by atoms with van der Waals surface area (Å²) in [5.41, 5.74) is 5.10. The molecule has 15 heavy (non-hydrogen) atoms. The number of ether oxygens (including phenoxy) is 1. The first-order valence-electron chi connectivity index (χ1n) is 5.03. The second kappa shape index (κ2) is 4.32. The molecule has 3 heteroatoms. The first kappa shape index (κ1) is 10.6. The van der Waals surface area contributed by atoms with Gasteiger partial charge in [-0.15, -0.1) is 0 Å². The SMILES string of the molecule is COc1ccc2c(c1)c(C[AsH]C)cn2C. The molecule has 0 aliphatic carbocycles. The fraction of sp³-hybridized carbons (Fsp3) is 0.333. The van der Waals surface area contributed by atoms with Crippen molar-refractivity contribution in [2.24, 2.45) is 7.05 Å². The van der Waals surface area contributed by atoms with Crippen LogP contribution in [0.15, 0.2) is 24.4 Å². The molecule has 1 unspecified atom stereocenters. The predicted octanol–water partition coefficient (Wildman–Crippen LogP) is 2.17. The zero-order valence-electron chi connectivity index (χ0n) is 9.37. The van der Waals surface area contributed by atoms with E-state index >= 15 is 0 Å². The quantitative estimate of drug-likeness (QED) is 0.776. The van der Waals surface area contributed by atoms with E-state index in [0.29, 0.717) is 0 Å². The van der Waals surface area contributed by atoms with Crippen LogP contribution in [0, 0.1) is 0 Å². The Labute approximate surface area is 96.9 Å². The van der Waals surface area contributed by atoms with Crippen LogP contribution in [0.4, 0.5) is 0 Å². The molecule has 1 heterocycles. The second-order valence-corrected chi connectivity index (χ2v) is 5.90. The maximum atomic E-state index is 5.27. The molecule has 2 aromatic rings. The van der Waals surface area contributed by atoms with E-state index in [4.69, 9.17) is 4.74 Å². The van der Waals surface area contributed by atoms with E-state index in [9.17, 15) is 0 Å². The van der Waals surface area contributed by atoms with Crippen LogP contribution in [0.25, 0.3) is 10.9 Å². The van der Waals surface area contributed by atoms with Gasteiger partial charge in [0.1, 0.15) is 0 Å². The van der Waals surface area contributed by atoms with E-state index in [2.05, 4.69) is 35.7 Å². The minimum absolute atomic E-state index is 0.179. The third-order valence-electron chi connectivity index (χ3n) is 2.65. The first-order chi connectivity index (χ1) is 7.26. The summed E-state index contributed by atoms with van der Waals surface area (Å²) < 4.78 is 7.47. The minimum atomic E-state index is 0.179. The Balaban J connectivity index is 2.60. The van der Waals surface area contributed by atoms with Crippen molar-refractivity contribution in [3.8, 4) is 5.75 Å². The molecule has 2 nitrogen and oxygen atoms in total. The number of fused-ring (bicyclic) bond motifs is 1. The van der Waals surface area contributed by atoms with E-state index in [1.54, 1.807) is 7.11 Å². The number of hydrogen-bond acceptors (Lipinski definition) is 1. The normalized spacial score (nSPS) is 11.7. The number of aryl methyl sites for hydroxylation is 1. The van der Waals surface area contributed by atoms with Crippen LogP contribution in [0.5, 0.6) is 5.75 Å². The summed E-state index contributed by atoms with van der Waals surface area (Å²) in [5, 5.41) is 2.60. The summed E-state index contributed by atoms with van der Waals surface area (Å²) >= 11 is 0.179. The molecule has 0 N–H and O–H groups in total. The van der Waals surface area contributed by atoms with Crippen molar-refractivity contribution in [2.45, 2.75) is 10.9 Å². The van der Waals surface area contributed by atoms with Gasteiger partial charge in [-0.25, -0.2) is 0 Å². The monoisotopic (exact) mass is 265 g/mol. The standard InChI is InChI=1S/C12H16AsNO/c1-13-7-9-8-14(2)12-5-4-10(15-3)6-11(9)12/h4-6,8,13H,7H2,1-3H3. The van der Waals surface area contributed by atoms with Crippen LogP contribution in [-0.2, 0) is 12.3 Å². The van der Waals surface area contributed by atoms with Crippen molar-refractivity contribution >= 4 is 26.7 Å². The zero-order chi connectivity index (χ0) is 10.8. The van der Waals surface area contributed by atoms with Gasteiger partial charge in [-0.2, -0.15) is 0 Å². The Bertz CT molecular complexity index is 476. The third kappa shape index (κ3) is 1.91. The van der Waals surface area contributed by atoms with Gasteiger partial charge in [0.2, 0.25) is 0 Å². The molecule has 80 valence electrons. The second-order valence-electron chi connectivity index (χ2n) is 3.68. The molecule has 0 fully saturated rings. The average Bonchev–Trinajstić information content (AvgIpc) is 2.56. The molecule has 1 aromatic heterocycles.